The molecule has 9 heteroatoms. The number of aldehydes is 2. The number of rotatable bonds is 5. The Labute approximate surface area is 106 Å². The topological polar surface area (TPSA) is 116 Å². The third kappa shape index (κ3) is 3.32. The third-order valence-electron chi connectivity index (χ3n) is 2.51. The van der Waals surface area contributed by atoms with Crippen LogP contribution in [0.1, 0.15) is 6.92 Å². The Hall–Kier alpha value is -1.87. The molecule has 106 valence electrons. The van der Waals surface area contributed by atoms with Crippen molar-refractivity contribution in [2.24, 2.45) is 0 Å². The van der Waals surface area contributed by atoms with Crippen LogP contribution in [0.15, 0.2) is 0 Å². The van der Waals surface area contributed by atoms with Crippen molar-refractivity contribution in [2.45, 2.75) is 31.1 Å². The van der Waals surface area contributed by atoms with Crippen LogP contribution in [0.5, 0.6) is 0 Å². The first-order chi connectivity index (χ1) is 8.82. The third-order valence-corrected chi connectivity index (χ3v) is 2.51. The van der Waals surface area contributed by atoms with Gasteiger partial charge in [-0.25, -0.2) is 14.0 Å². The molecule has 0 amide bonds. The highest BCUT2D eigenvalue weighted by molar-refractivity contribution is 6.20. The summed E-state index contributed by atoms with van der Waals surface area (Å²) in [7, 11) is 0. The summed E-state index contributed by atoms with van der Waals surface area (Å²) in [5, 5.41) is 9.32. The minimum atomic E-state index is -2.49. The Morgan fingerprint density at radius 1 is 1.37 bits per heavy atom. The maximum Gasteiger partial charge on any atom is 0.371 e. The number of aliphatic hydroxyl groups excluding tert-OH is 1. The normalized spacial score (nSPS) is 33.5. The summed E-state index contributed by atoms with van der Waals surface area (Å²) in [6.45, 7) is 0.271. The Balaban J connectivity index is 2.77. The van der Waals surface area contributed by atoms with Crippen LogP contribution in [0.2, 0.25) is 0 Å². The van der Waals surface area contributed by atoms with Gasteiger partial charge < -0.3 is 19.3 Å². The predicted molar refractivity (Wildman–Crippen MR) is 53.4 cm³/mol. The van der Waals surface area contributed by atoms with E-state index < -0.39 is 42.7 Å². The van der Waals surface area contributed by atoms with Gasteiger partial charge in [0, 0.05) is 0 Å². The number of carbonyl (C=O) groups excluding carboxylic acids is 4. The molecule has 1 heterocycles. The molecule has 0 saturated carbocycles. The van der Waals surface area contributed by atoms with Crippen molar-refractivity contribution < 1.29 is 42.9 Å². The van der Waals surface area contributed by atoms with E-state index in [2.05, 4.69) is 9.47 Å². The largest absolute Gasteiger partial charge is 0.457 e. The summed E-state index contributed by atoms with van der Waals surface area (Å²) >= 11 is 0. The summed E-state index contributed by atoms with van der Waals surface area (Å²) in [6, 6.07) is 0. The van der Waals surface area contributed by atoms with Crippen molar-refractivity contribution in [3.05, 3.63) is 0 Å². The molecule has 19 heavy (non-hydrogen) atoms. The summed E-state index contributed by atoms with van der Waals surface area (Å²) in [5.74, 6) is -2.59. The van der Waals surface area contributed by atoms with Crippen LogP contribution < -0.4 is 0 Å². The molecular weight excluding hydrogens is 267 g/mol. The van der Waals surface area contributed by atoms with Crippen LogP contribution in [0.25, 0.3) is 0 Å². The summed E-state index contributed by atoms with van der Waals surface area (Å²) in [6.07, 6.45) is -5.23. The highest BCUT2D eigenvalue weighted by atomic mass is 19.1. The first kappa shape index (κ1) is 15.2. The zero-order valence-corrected chi connectivity index (χ0v) is 9.78. The fourth-order valence-electron chi connectivity index (χ4n) is 1.54. The van der Waals surface area contributed by atoms with Crippen molar-refractivity contribution >= 4 is 24.5 Å². The molecule has 0 aromatic heterocycles. The van der Waals surface area contributed by atoms with Gasteiger partial charge in [-0.1, -0.05) is 0 Å². The number of hydrogen-bond acceptors (Lipinski definition) is 8. The van der Waals surface area contributed by atoms with Crippen LogP contribution in [-0.4, -0.2) is 60.4 Å². The van der Waals surface area contributed by atoms with E-state index in [9.17, 15) is 28.7 Å². The summed E-state index contributed by atoms with van der Waals surface area (Å²) < 4.78 is 27.6. The van der Waals surface area contributed by atoms with Gasteiger partial charge in [-0.2, -0.15) is 0 Å². The van der Waals surface area contributed by atoms with E-state index in [1.165, 1.54) is 0 Å². The molecule has 0 radical (unpaired) electrons. The molecular formula is C10H11FO8. The van der Waals surface area contributed by atoms with E-state index in [1.807, 2.05) is 0 Å². The van der Waals surface area contributed by atoms with Gasteiger partial charge >= 0.3 is 11.9 Å². The van der Waals surface area contributed by atoms with Crippen LogP contribution in [0.3, 0.4) is 0 Å². The van der Waals surface area contributed by atoms with Crippen molar-refractivity contribution in [3.63, 3.8) is 0 Å². The molecule has 1 fully saturated rings. The molecule has 4 atom stereocenters. The standard InChI is InChI=1S/C10H11FO8/c1-10(11)8(19-7(15)3-13)5(18-9(10)16)4-17-6(14)2-12/h2-3,5,8-9,16H,4H2,1H3/t5-,8-,9-,10-/m1/s1. The molecule has 0 aromatic carbocycles. The van der Waals surface area contributed by atoms with E-state index >= 15 is 0 Å². The van der Waals surface area contributed by atoms with E-state index in [0.29, 0.717) is 0 Å². The fraction of sp³-hybridized carbons (Fsp3) is 0.600. The highest BCUT2D eigenvalue weighted by Gasteiger charge is 2.57. The molecule has 1 rings (SSSR count). The van der Waals surface area contributed by atoms with Crippen LogP contribution in [0.4, 0.5) is 4.39 Å². The summed E-state index contributed by atoms with van der Waals surface area (Å²) in [5.41, 5.74) is -2.49. The molecule has 1 N–H and O–H groups in total. The van der Waals surface area contributed by atoms with Gasteiger partial charge in [0.25, 0.3) is 0 Å². The minimum Gasteiger partial charge on any atom is -0.457 e. The van der Waals surface area contributed by atoms with Crippen molar-refractivity contribution in [3.8, 4) is 0 Å². The number of halogens is 1. The highest BCUT2D eigenvalue weighted by Crippen LogP contribution is 2.35. The molecule has 0 unspecified atom stereocenters. The molecule has 0 aliphatic carbocycles. The average molecular weight is 278 g/mol. The van der Waals surface area contributed by atoms with E-state index in [0.717, 1.165) is 6.92 Å². The van der Waals surface area contributed by atoms with Crippen molar-refractivity contribution in [1.82, 2.24) is 0 Å². The molecule has 0 spiro atoms. The maximum atomic E-state index is 14.0. The molecule has 1 saturated heterocycles. The Morgan fingerprint density at radius 3 is 2.47 bits per heavy atom. The zero-order valence-electron chi connectivity index (χ0n) is 9.78. The first-order valence-corrected chi connectivity index (χ1v) is 5.13. The van der Waals surface area contributed by atoms with Gasteiger partial charge in [0.05, 0.1) is 0 Å². The Morgan fingerprint density at radius 2 is 1.95 bits per heavy atom. The smallest absolute Gasteiger partial charge is 0.371 e. The Kier molecular flexibility index (Phi) is 4.67. The van der Waals surface area contributed by atoms with Gasteiger partial charge in [-0.3, -0.25) is 9.59 Å². The number of carbonyl (C=O) groups is 4. The van der Waals surface area contributed by atoms with E-state index in [1.54, 1.807) is 0 Å². The Bertz CT molecular complexity index is 393. The number of hydrogen-bond donors (Lipinski definition) is 1. The second-order valence-electron chi connectivity index (χ2n) is 3.90. The first-order valence-electron chi connectivity index (χ1n) is 5.13. The monoisotopic (exact) mass is 278 g/mol. The lowest BCUT2D eigenvalue weighted by Gasteiger charge is -2.24. The SMILES string of the molecule is C[C@]1(F)[C@H](O)O[C@H](COC(=O)C=O)[C@H]1OC(=O)C=O. The minimum absolute atomic E-state index is 0.119. The van der Waals surface area contributed by atoms with Gasteiger partial charge in [0.15, 0.2) is 18.1 Å². The molecule has 8 nitrogen and oxygen atoms in total. The lowest BCUT2D eigenvalue weighted by atomic mass is 9.99. The second-order valence-corrected chi connectivity index (χ2v) is 3.90. The van der Waals surface area contributed by atoms with Crippen LogP contribution >= 0.6 is 0 Å². The van der Waals surface area contributed by atoms with E-state index in [-0.39, 0.29) is 12.6 Å². The average Bonchev–Trinajstić information content (AvgIpc) is 2.59. The quantitative estimate of drug-likeness (QED) is 0.359. The number of ether oxygens (including phenoxy) is 3. The molecule has 1 aliphatic heterocycles. The second kappa shape index (κ2) is 5.85. The van der Waals surface area contributed by atoms with Crippen molar-refractivity contribution in [2.75, 3.05) is 6.61 Å². The zero-order chi connectivity index (χ0) is 14.6. The van der Waals surface area contributed by atoms with Gasteiger partial charge in [-0.05, 0) is 6.92 Å². The van der Waals surface area contributed by atoms with Gasteiger partial charge in [-0.15, -0.1) is 0 Å². The summed E-state index contributed by atoms with van der Waals surface area (Å²) in [4.78, 5) is 41.7. The molecule has 0 aromatic rings. The number of aliphatic hydroxyl groups is 1. The van der Waals surface area contributed by atoms with E-state index in [4.69, 9.17) is 4.74 Å². The van der Waals surface area contributed by atoms with Crippen LogP contribution in [0, 0.1) is 0 Å². The number of alkyl halides is 1. The van der Waals surface area contributed by atoms with Gasteiger partial charge in [0.2, 0.25) is 12.6 Å². The predicted octanol–water partition coefficient (Wildman–Crippen LogP) is -1.72. The fourth-order valence-corrected chi connectivity index (χ4v) is 1.54. The molecule has 1 aliphatic rings. The van der Waals surface area contributed by atoms with Gasteiger partial charge in [0.1, 0.15) is 12.7 Å². The van der Waals surface area contributed by atoms with Crippen LogP contribution in [-0.2, 0) is 33.4 Å². The van der Waals surface area contributed by atoms with Crippen molar-refractivity contribution in [1.29, 1.82) is 0 Å². The number of esters is 2. The maximum absolute atomic E-state index is 14.0. The molecule has 0 bridgehead atoms. The lowest BCUT2D eigenvalue weighted by Crippen LogP contribution is -2.45. The lowest BCUT2D eigenvalue weighted by molar-refractivity contribution is -0.163.